The topological polar surface area (TPSA) is 65.5 Å². The Kier molecular flexibility index (Phi) is 2.83. The molecule has 0 radical (unpaired) electrons. The Hall–Kier alpha value is -1.55. The molecule has 5 heteroatoms. The van der Waals surface area contributed by atoms with Crippen LogP contribution in [-0.2, 0) is 0 Å². The van der Waals surface area contributed by atoms with Crippen molar-refractivity contribution in [2.24, 2.45) is 10.7 Å². The third-order valence-corrected chi connectivity index (χ3v) is 2.80. The van der Waals surface area contributed by atoms with Crippen LogP contribution in [0, 0.1) is 12.3 Å². The molecule has 0 saturated carbocycles. The number of nitrogens with two attached hydrogens (primary N) is 1. The number of nitrogens with one attached hydrogen (secondary N) is 1. The van der Waals surface area contributed by atoms with Gasteiger partial charge in [-0.05, 0) is 19.1 Å². The molecule has 1 unspecified atom stereocenters. The van der Waals surface area contributed by atoms with Gasteiger partial charge in [0.1, 0.15) is 11.3 Å². The maximum atomic E-state index is 7.77. The Labute approximate surface area is 99.2 Å². The number of rotatable bonds is 1. The summed E-state index contributed by atoms with van der Waals surface area (Å²) < 4.78 is 0. The first-order valence-corrected chi connectivity index (χ1v) is 5.43. The Bertz CT molecular complexity index is 438. The highest BCUT2D eigenvalue weighted by Gasteiger charge is 2.26. The summed E-state index contributed by atoms with van der Waals surface area (Å²) in [5, 5.41) is 7.77. The summed E-state index contributed by atoms with van der Waals surface area (Å²) in [5.41, 5.74) is 7.27. The van der Waals surface area contributed by atoms with Crippen molar-refractivity contribution in [3.05, 3.63) is 29.8 Å². The predicted molar refractivity (Wildman–Crippen MR) is 67.3 cm³/mol. The number of halogens is 1. The van der Waals surface area contributed by atoms with Crippen LogP contribution < -0.4 is 10.6 Å². The summed E-state index contributed by atoms with van der Waals surface area (Å²) in [4.78, 5) is 5.60. The summed E-state index contributed by atoms with van der Waals surface area (Å²) >= 11 is 6.17. The molecule has 4 nitrogen and oxygen atoms in total. The van der Waals surface area contributed by atoms with Gasteiger partial charge in [0, 0.05) is 12.1 Å². The highest BCUT2D eigenvalue weighted by Crippen LogP contribution is 2.24. The smallest absolute Gasteiger partial charge is 0.225 e. The third kappa shape index (κ3) is 2.02. The van der Waals surface area contributed by atoms with E-state index in [2.05, 4.69) is 4.99 Å². The van der Waals surface area contributed by atoms with Crippen LogP contribution in [0.25, 0.3) is 0 Å². The Morgan fingerprint density at radius 1 is 1.44 bits per heavy atom. The number of benzene rings is 1. The molecule has 1 aliphatic heterocycles. The predicted octanol–water partition coefficient (Wildman–Crippen LogP) is 2.06. The molecule has 0 fully saturated rings. The minimum atomic E-state index is -0.340. The van der Waals surface area contributed by atoms with Crippen LogP contribution >= 0.6 is 11.6 Å². The van der Waals surface area contributed by atoms with Crippen molar-refractivity contribution < 1.29 is 0 Å². The highest BCUT2D eigenvalue weighted by molar-refractivity contribution is 6.27. The molecule has 16 heavy (non-hydrogen) atoms. The molecular weight excluding hydrogens is 224 g/mol. The molecule has 0 spiro atoms. The van der Waals surface area contributed by atoms with Gasteiger partial charge in [-0.1, -0.05) is 29.3 Å². The number of hydrogen-bond donors (Lipinski definition) is 2. The minimum absolute atomic E-state index is 0.0904. The van der Waals surface area contributed by atoms with Crippen LogP contribution in [0.4, 0.5) is 5.69 Å². The molecular formula is C11H13ClN4. The van der Waals surface area contributed by atoms with Gasteiger partial charge in [-0.15, -0.1) is 0 Å². The fourth-order valence-electron chi connectivity index (χ4n) is 1.62. The number of amidine groups is 1. The molecule has 0 aliphatic carbocycles. The molecule has 0 bridgehead atoms. The quantitative estimate of drug-likeness (QED) is 0.579. The zero-order valence-electron chi connectivity index (χ0n) is 8.94. The van der Waals surface area contributed by atoms with Gasteiger partial charge >= 0.3 is 0 Å². The second-order valence-corrected chi connectivity index (χ2v) is 4.27. The molecule has 0 aromatic heterocycles. The fraction of sp³-hybridized carbons (Fsp3) is 0.273. The number of guanidine groups is 1. The molecule has 1 heterocycles. The van der Waals surface area contributed by atoms with Crippen molar-refractivity contribution in [3.63, 3.8) is 0 Å². The van der Waals surface area contributed by atoms with Crippen LogP contribution in [0.15, 0.2) is 29.3 Å². The largest absolute Gasteiger partial charge is 0.387 e. The molecule has 0 saturated heterocycles. The van der Waals surface area contributed by atoms with Gasteiger partial charge in [0.15, 0.2) is 0 Å². The van der Waals surface area contributed by atoms with Crippen molar-refractivity contribution in [2.45, 2.75) is 18.8 Å². The van der Waals surface area contributed by atoms with Gasteiger partial charge in [0.2, 0.25) is 5.96 Å². The zero-order valence-corrected chi connectivity index (χ0v) is 9.70. The standard InChI is InChI=1S/C11H13ClN4/c1-7-2-4-8(5-3-7)16-9(12)6-10(13)15-11(16)14/h2-5,9H,6H2,1H3,(H3,13,14,15). The van der Waals surface area contributed by atoms with Crippen molar-refractivity contribution in [1.82, 2.24) is 0 Å². The summed E-state index contributed by atoms with van der Waals surface area (Å²) in [6.45, 7) is 2.01. The van der Waals surface area contributed by atoms with E-state index in [1.807, 2.05) is 31.2 Å². The monoisotopic (exact) mass is 236 g/mol. The number of aryl methyl sites for hydroxylation is 1. The van der Waals surface area contributed by atoms with Crippen molar-refractivity contribution in [2.75, 3.05) is 4.90 Å². The highest BCUT2D eigenvalue weighted by atomic mass is 35.5. The number of hydrogen-bond acceptors (Lipinski definition) is 2. The van der Waals surface area contributed by atoms with E-state index in [1.165, 1.54) is 5.56 Å². The Morgan fingerprint density at radius 2 is 2.06 bits per heavy atom. The van der Waals surface area contributed by atoms with Crippen LogP contribution in [-0.4, -0.2) is 17.3 Å². The second-order valence-electron chi connectivity index (χ2n) is 3.77. The van der Waals surface area contributed by atoms with Crippen LogP contribution in [0.5, 0.6) is 0 Å². The average Bonchev–Trinajstić information content (AvgIpc) is 2.19. The maximum Gasteiger partial charge on any atom is 0.225 e. The Balaban J connectivity index is 2.33. The molecule has 84 valence electrons. The van der Waals surface area contributed by atoms with Crippen LogP contribution in [0.3, 0.4) is 0 Å². The maximum absolute atomic E-state index is 7.77. The average molecular weight is 237 g/mol. The molecule has 1 aromatic carbocycles. The van der Waals surface area contributed by atoms with Crippen LogP contribution in [0.2, 0.25) is 0 Å². The lowest BCUT2D eigenvalue weighted by atomic mass is 10.2. The minimum Gasteiger partial charge on any atom is -0.387 e. The normalized spacial score (nSPS) is 20.9. The molecule has 1 aliphatic rings. The van der Waals surface area contributed by atoms with E-state index in [9.17, 15) is 0 Å². The number of alkyl halides is 1. The summed E-state index contributed by atoms with van der Waals surface area (Å²) in [6.07, 6.45) is 0.470. The van der Waals surface area contributed by atoms with Crippen molar-refractivity contribution in [3.8, 4) is 0 Å². The van der Waals surface area contributed by atoms with Gasteiger partial charge in [-0.2, -0.15) is 0 Å². The number of anilines is 1. The summed E-state index contributed by atoms with van der Waals surface area (Å²) in [7, 11) is 0. The second kappa shape index (κ2) is 4.14. The molecule has 2 rings (SSSR count). The van der Waals surface area contributed by atoms with E-state index in [-0.39, 0.29) is 11.5 Å². The van der Waals surface area contributed by atoms with Crippen LogP contribution in [0.1, 0.15) is 12.0 Å². The zero-order chi connectivity index (χ0) is 11.7. The SMILES string of the molecule is Cc1ccc(N2C(=N)N=C(N)CC2Cl)cc1. The van der Waals surface area contributed by atoms with E-state index in [0.29, 0.717) is 12.3 Å². The van der Waals surface area contributed by atoms with Gasteiger partial charge in [-0.25, -0.2) is 4.99 Å². The molecule has 1 aromatic rings. The molecule has 0 amide bonds. The van der Waals surface area contributed by atoms with Crippen molar-refractivity contribution >= 4 is 29.1 Å². The third-order valence-electron chi connectivity index (χ3n) is 2.45. The first kappa shape index (κ1) is 11.0. The lowest BCUT2D eigenvalue weighted by Crippen LogP contribution is -2.43. The van der Waals surface area contributed by atoms with E-state index >= 15 is 0 Å². The number of aliphatic imine (C=N–C) groups is 1. The fourth-order valence-corrected chi connectivity index (χ4v) is 1.98. The van der Waals surface area contributed by atoms with E-state index in [4.69, 9.17) is 22.7 Å². The van der Waals surface area contributed by atoms with E-state index in [0.717, 1.165) is 5.69 Å². The lowest BCUT2D eigenvalue weighted by Gasteiger charge is -2.31. The first-order chi connectivity index (χ1) is 7.58. The first-order valence-electron chi connectivity index (χ1n) is 4.99. The van der Waals surface area contributed by atoms with Gasteiger partial charge < -0.3 is 5.73 Å². The van der Waals surface area contributed by atoms with Gasteiger partial charge in [-0.3, -0.25) is 10.3 Å². The summed E-state index contributed by atoms with van der Waals surface area (Å²) in [6, 6.07) is 7.81. The van der Waals surface area contributed by atoms with Gasteiger partial charge in [0.25, 0.3) is 0 Å². The van der Waals surface area contributed by atoms with E-state index in [1.54, 1.807) is 4.90 Å². The number of nitrogens with zero attached hydrogens (tertiary/aromatic N) is 2. The van der Waals surface area contributed by atoms with Crippen molar-refractivity contribution in [1.29, 1.82) is 5.41 Å². The molecule has 1 atom stereocenters. The van der Waals surface area contributed by atoms with E-state index < -0.39 is 0 Å². The summed E-state index contributed by atoms with van der Waals surface area (Å²) in [5.74, 6) is 0.501. The lowest BCUT2D eigenvalue weighted by molar-refractivity contribution is 0.871. The van der Waals surface area contributed by atoms with Gasteiger partial charge in [0.05, 0.1) is 0 Å². The Morgan fingerprint density at radius 3 is 2.62 bits per heavy atom. The molecule has 3 N–H and O–H groups in total.